The molecule has 1 rings (SSSR count). The van der Waals surface area contributed by atoms with Crippen LogP contribution in [-0.2, 0) is 0 Å². The van der Waals surface area contributed by atoms with Gasteiger partial charge in [0.25, 0.3) is 5.43 Å². The van der Waals surface area contributed by atoms with E-state index >= 15 is 0 Å². The Balaban J connectivity index is 2.43. The smallest absolute Gasteiger partial charge is 0.0650 e. The molecule has 0 spiro atoms. The van der Waals surface area contributed by atoms with Crippen molar-refractivity contribution in [3.8, 4) is 0 Å². The van der Waals surface area contributed by atoms with Crippen LogP contribution in [0, 0.1) is 0 Å². The van der Waals surface area contributed by atoms with Crippen LogP contribution in [0.15, 0.2) is 15.8 Å². The van der Waals surface area contributed by atoms with Crippen LogP contribution in [0.25, 0.3) is 0 Å². The first-order valence-electron chi connectivity index (χ1n) is 2.97. The number of halogens is 1. The van der Waals surface area contributed by atoms with Crippen molar-refractivity contribution in [2.24, 2.45) is 5.10 Å². The lowest BCUT2D eigenvalue weighted by molar-refractivity contribution is 0.932. The Morgan fingerprint density at radius 3 is 3.00 bits per heavy atom. The van der Waals surface area contributed by atoms with E-state index in [0.29, 0.717) is 0 Å². The molecule has 2 nitrogen and oxygen atoms in total. The van der Waals surface area contributed by atoms with E-state index in [0.717, 1.165) is 23.2 Å². The first-order valence-corrected chi connectivity index (χ1v) is 3.77. The zero-order chi connectivity index (χ0) is 6.69. The molecule has 0 fully saturated rings. The Hall–Kier alpha value is -0.150. The lowest BCUT2D eigenvalue weighted by Gasteiger charge is -1.82. The largest absolute Gasteiger partial charge is 0.330 e. The second kappa shape index (κ2) is 3.13. The number of rotatable bonds is 2. The van der Waals surface area contributed by atoms with Gasteiger partial charge in [-0.15, -0.1) is 0 Å². The highest BCUT2D eigenvalue weighted by molar-refractivity contribution is 9.11. The molecule has 2 radical (unpaired) electrons. The van der Waals surface area contributed by atoms with Crippen molar-refractivity contribution in [3.63, 3.8) is 0 Å². The minimum absolute atomic E-state index is 0.839. The first kappa shape index (κ1) is 6.96. The first-order chi connectivity index (χ1) is 4.33. The van der Waals surface area contributed by atoms with E-state index in [2.05, 4.69) is 33.4 Å². The lowest BCUT2D eigenvalue weighted by atomic mass is 10.2. The summed E-state index contributed by atoms with van der Waals surface area (Å²) in [4.78, 5) is 0. The lowest BCUT2D eigenvalue weighted by Crippen LogP contribution is -1.88. The topological polar surface area (TPSA) is 26.5 Å². The summed E-state index contributed by atoms with van der Waals surface area (Å²) >= 11 is 3.23. The van der Waals surface area contributed by atoms with Crippen molar-refractivity contribution in [2.75, 3.05) is 0 Å². The summed E-state index contributed by atoms with van der Waals surface area (Å²) in [6.45, 7) is 2.13. The van der Waals surface area contributed by atoms with Gasteiger partial charge in [-0.1, -0.05) is 13.3 Å². The summed E-state index contributed by atoms with van der Waals surface area (Å²) in [5.41, 5.74) is 4.88. The predicted octanol–water partition coefficient (Wildman–Crippen LogP) is 2.00. The molecule has 0 amide bonds. The molecule has 3 heteroatoms. The number of allylic oxidation sites excluding steroid dienone is 1. The molecule has 0 saturated heterocycles. The monoisotopic (exact) mass is 187 g/mol. The molecular formula is C6H8BrN2+. The van der Waals surface area contributed by atoms with Crippen LogP contribution in [0.5, 0.6) is 0 Å². The zero-order valence-corrected chi connectivity index (χ0v) is 6.85. The Morgan fingerprint density at radius 1 is 1.78 bits per heavy atom. The molecule has 1 heterocycles. The number of hydrogen-bond acceptors (Lipinski definition) is 1. The second-order valence-electron chi connectivity index (χ2n) is 1.91. The third kappa shape index (κ3) is 1.91. The van der Waals surface area contributed by atoms with Gasteiger partial charge in [-0.05, 0) is 6.42 Å². The van der Waals surface area contributed by atoms with Crippen LogP contribution in [0.1, 0.15) is 19.8 Å². The average molecular weight is 188 g/mol. The normalized spacial score (nSPS) is 17.6. The van der Waals surface area contributed by atoms with E-state index in [1.807, 2.05) is 6.08 Å². The maximum absolute atomic E-state index is 3.91. The van der Waals surface area contributed by atoms with Gasteiger partial charge in [-0.2, -0.15) is 0 Å². The van der Waals surface area contributed by atoms with Crippen LogP contribution < -0.4 is 5.43 Å². The molecular weight excluding hydrogens is 180 g/mol. The summed E-state index contributed by atoms with van der Waals surface area (Å²) in [6, 6.07) is 0. The molecule has 0 unspecified atom stereocenters. The van der Waals surface area contributed by atoms with E-state index in [1.165, 1.54) is 0 Å². The summed E-state index contributed by atoms with van der Waals surface area (Å²) in [7, 11) is 0. The van der Waals surface area contributed by atoms with Gasteiger partial charge in [0, 0.05) is 27.1 Å². The van der Waals surface area contributed by atoms with Crippen LogP contribution in [0.4, 0.5) is 0 Å². The van der Waals surface area contributed by atoms with Gasteiger partial charge in [0.15, 0.2) is 0 Å². The molecule has 1 aliphatic heterocycles. The van der Waals surface area contributed by atoms with Crippen molar-refractivity contribution in [3.05, 3.63) is 10.7 Å². The highest BCUT2D eigenvalue weighted by atomic mass is 79.9. The van der Waals surface area contributed by atoms with Crippen molar-refractivity contribution in [1.82, 2.24) is 5.43 Å². The van der Waals surface area contributed by atoms with E-state index in [1.54, 1.807) is 0 Å². The minimum atomic E-state index is 0.839. The fourth-order valence-electron chi connectivity index (χ4n) is 0.686. The summed E-state index contributed by atoms with van der Waals surface area (Å²) in [5, 5.41) is 3.91. The van der Waals surface area contributed by atoms with Gasteiger partial charge in [0.1, 0.15) is 5.71 Å². The Kier molecular flexibility index (Phi) is 2.42. The van der Waals surface area contributed by atoms with E-state index in [9.17, 15) is 0 Å². The average Bonchev–Trinajstić information content (AvgIpc) is 2.17. The highest BCUT2D eigenvalue weighted by Gasteiger charge is 2.19. The standard InChI is InChI=1S/C6H8BrN2/c1-2-3-5-4-6(7)9-8-5/h4H,2-3H2,1H3/q+1. The Bertz CT molecular complexity index is 160. The van der Waals surface area contributed by atoms with Gasteiger partial charge < -0.3 is 0 Å². The fourth-order valence-corrected chi connectivity index (χ4v) is 1.03. The van der Waals surface area contributed by atoms with Gasteiger partial charge in [-0.25, -0.2) is 0 Å². The van der Waals surface area contributed by atoms with Crippen molar-refractivity contribution >= 4 is 21.6 Å². The maximum atomic E-state index is 3.91. The van der Waals surface area contributed by atoms with Crippen LogP contribution in [-0.4, -0.2) is 5.71 Å². The van der Waals surface area contributed by atoms with Gasteiger partial charge in [0.2, 0.25) is 0 Å². The molecule has 9 heavy (non-hydrogen) atoms. The zero-order valence-electron chi connectivity index (χ0n) is 5.26. The molecule has 0 aromatic carbocycles. The molecule has 0 bridgehead atoms. The molecule has 0 aliphatic carbocycles. The Morgan fingerprint density at radius 2 is 2.56 bits per heavy atom. The van der Waals surface area contributed by atoms with E-state index in [-0.39, 0.29) is 0 Å². The van der Waals surface area contributed by atoms with Crippen molar-refractivity contribution in [2.45, 2.75) is 19.8 Å². The molecule has 0 N–H and O–H groups in total. The van der Waals surface area contributed by atoms with Crippen LogP contribution in [0.3, 0.4) is 0 Å². The third-order valence-electron chi connectivity index (χ3n) is 1.07. The minimum Gasteiger partial charge on any atom is -0.0650 e. The van der Waals surface area contributed by atoms with Gasteiger partial charge >= 0.3 is 4.61 Å². The summed E-state index contributed by atoms with van der Waals surface area (Å²) < 4.78 is 0.839. The fraction of sp³-hybridized carbons (Fsp3) is 0.500. The third-order valence-corrected chi connectivity index (χ3v) is 1.45. The number of nitrogens with zero attached hydrogens (tertiary/aromatic N) is 2. The van der Waals surface area contributed by atoms with Gasteiger partial charge in [0.05, 0.1) is 0 Å². The predicted molar refractivity (Wildman–Crippen MR) is 41.5 cm³/mol. The SMILES string of the molecule is CCCC1=N[N+]C(Br)=C1. The van der Waals surface area contributed by atoms with E-state index < -0.39 is 0 Å². The Labute approximate surface area is 63.2 Å². The molecule has 0 aromatic heterocycles. The molecule has 0 saturated carbocycles. The molecule has 48 valence electrons. The van der Waals surface area contributed by atoms with Crippen LogP contribution >= 0.6 is 15.9 Å². The highest BCUT2D eigenvalue weighted by Crippen LogP contribution is 2.10. The maximum Gasteiger partial charge on any atom is 0.330 e. The summed E-state index contributed by atoms with van der Waals surface area (Å²) in [6.07, 6.45) is 4.10. The quantitative estimate of drug-likeness (QED) is 0.592. The van der Waals surface area contributed by atoms with Crippen molar-refractivity contribution in [1.29, 1.82) is 0 Å². The van der Waals surface area contributed by atoms with Gasteiger partial charge in [-0.3, -0.25) is 0 Å². The number of hydrogen-bond donors (Lipinski definition) is 0. The van der Waals surface area contributed by atoms with Crippen LogP contribution in [0.2, 0.25) is 0 Å². The second-order valence-corrected chi connectivity index (χ2v) is 2.72. The van der Waals surface area contributed by atoms with E-state index in [4.69, 9.17) is 0 Å². The molecule has 0 atom stereocenters. The van der Waals surface area contributed by atoms with Crippen molar-refractivity contribution < 1.29 is 0 Å². The molecule has 0 aromatic rings. The molecule has 1 aliphatic rings. The summed E-state index contributed by atoms with van der Waals surface area (Å²) in [5.74, 6) is 0.